The van der Waals surface area contributed by atoms with Crippen molar-refractivity contribution in [3.63, 3.8) is 0 Å². The van der Waals surface area contributed by atoms with Crippen LogP contribution in [0, 0.1) is 5.41 Å². The van der Waals surface area contributed by atoms with Crippen LogP contribution in [0.3, 0.4) is 0 Å². The Kier molecular flexibility index (Phi) is 8.17. The van der Waals surface area contributed by atoms with Crippen LogP contribution >= 0.6 is 0 Å². The molecule has 28 heavy (non-hydrogen) atoms. The molecule has 2 aliphatic heterocycles. The van der Waals surface area contributed by atoms with Crippen molar-refractivity contribution in [2.24, 2.45) is 5.41 Å². The first-order valence-corrected chi connectivity index (χ1v) is 11.3. The van der Waals surface area contributed by atoms with Gasteiger partial charge in [0.05, 0.1) is 6.61 Å². The fourth-order valence-electron chi connectivity index (χ4n) is 5.41. The number of likely N-dealkylation sites (tertiary alicyclic amines) is 2. The molecule has 0 aromatic rings. The van der Waals surface area contributed by atoms with E-state index in [0.717, 1.165) is 45.4 Å². The summed E-state index contributed by atoms with van der Waals surface area (Å²) in [6.07, 6.45) is 5.53. The van der Waals surface area contributed by atoms with Crippen LogP contribution in [0.25, 0.3) is 0 Å². The van der Waals surface area contributed by atoms with Gasteiger partial charge >= 0.3 is 6.09 Å². The zero-order valence-corrected chi connectivity index (χ0v) is 18.9. The molecule has 1 aliphatic carbocycles. The van der Waals surface area contributed by atoms with E-state index in [0.29, 0.717) is 24.1 Å². The number of carbonyl (C=O) groups excluding carboxylic acids is 2. The van der Waals surface area contributed by atoms with Crippen molar-refractivity contribution < 1.29 is 14.3 Å². The van der Waals surface area contributed by atoms with E-state index in [1.54, 1.807) is 6.92 Å². The molecule has 3 aliphatic rings. The van der Waals surface area contributed by atoms with Gasteiger partial charge in [-0.2, -0.15) is 0 Å². The van der Waals surface area contributed by atoms with Gasteiger partial charge < -0.3 is 19.4 Å². The van der Waals surface area contributed by atoms with Crippen molar-refractivity contribution in [3.05, 3.63) is 0 Å². The second kappa shape index (κ2) is 9.95. The summed E-state index contributed by atoms with van der Waals surface area (Å²) in [6.45, 7) is 16.1. The van der Waals surface area contributed by atoms with Crippen LogP contribution < -0.4 is 0 Å². The van der Waals surface area contributed by atoms with E-state index in [1.807, 2.05) is 25.7 Å². The molecular weight excluding hydrogens is 354 g/mol. The van der Waals surface area contributed by atoms with Gasteiger partial charge in [0.1, 0.15) is 0 Å². The summed E-state index contributed by atoms with van der Waals surface area (Å²) >= 11 is 0. The summed E-state index contributed by atoms with van der Waals surface area (Å²) in [5.74, 6) is 0.200. The molecule has 6 nitrogen and oxygen atoms in total. The maximum Gasteiger partial charge on any atom is 0.409 e. The fourth-order valence-corrected chi connectivity index (χ4v) is 5.41. The van der Waals surface area contributed by atoms with Crippen molar-refractivity contribution in [2.75, 3.05) is 32.8 Å². The van der Waals surface area contributed by atoms with Crippen LogP contribution in [0.2, 0.25) is 0 Å². The fraction of sp³-hybridized carbons (Fsp3) is 0.909. The molecule has 0 atom stereocenters. The summed E-state index contributed by atoms with van der Waals surface area (Å²) in [7, 11) is 0. The molecule has 0 N–H and O–H groups in total. The smallest absolute Gasteiger partial charge is 0.409 e. The number of piperidine rings is 1. The number of hydrogen-bond acceptors (Lipinski definition) is 4. The van der Waals surface area contributed by atoms with E-state index in [1.165, 1.54) is 12.8 Å². The number of ether oxygens (including phenoxy) is 1. The average molecular weight is 396 g/mol. The number of rotatable bonds is 4. The molecule has 1 spiro atoms. The van der Waals surface area contributed by atoms with E-state index in [9.17, 15) is 9.59 Å². The Bertz CT molecular complexity index is 523. The maximum atomic E-state index is 11.9. The van der Waals surface area contributed by atoms with E-state index in [2.05, 4.69) is 23.6 Å². The summed E-state index contributed by atoms with van der Waals surface area (Å²) in [4.78, 5) is 30.4. The highest BCUT2D eigenvalue weighted by atomic mass is 16.6. The zero-order valence-electron chi connectivity index (χ0n) is 18.9. The van der Waals surface area contributed by atoms with Gasteiger partial charge in [-0.25, -0.2) is 4.79 Å². The van der Waals surface area contributed by atoms with Crippen LogP contribution in [-0.2, 0) is 9.53 Å². The Morgan fingerprint density at radius 3 is 2.25 bits per heavy atom. The molecule has 0 unspecified atom stereocenters. The van der Waals surface area contributed by atoms with Gasteiger partial charge in [0, 0.05) is 51.2 Å². The van der Waals surface area contributed by atoms with Gasteiger partial charge in [-0.05, 0) is 58.3 Å². The lowest BCUT2D eigenvalue weighted by Crippen LogP contribution is -2.57. The predicted molar refractivity (Wildman–Crippen MR) is 112 cm³/mol. The number of amides is 2. The van der Waals surface area contributed by atoms with E-state index in [4.69, 9.17) is 4.74 Å². The molecule has 0 aromatic carbocycles. The molecule has 0 bridgehead atoms. The maximum absolute atomic E-state index is 11.9. The molecule has 162 valence electrons. The highest BCUT2D eigenvalue weighted by Gasteiger charge is 2.51. The SMILES string of the molecule is CC.CCOC(=O)N1CCC2(CC(N3CCC(N(C(C)=O)C(C)C)CC3)C2)C1. The zero-order chi connectivity index (χ0) is 20.9. The molecule has 2 heterocycles. The van der Waals surface area contributed by atoms with Gasteiger partial charge in [0.25, 0.3) is 0 Å². The Morgan fingerprint density at radius 2 is 1.75 bits per heavy atom. The monoisotopic (exact) mass is 395 g/mol. The van der Waals surface area contributed by atoms with Crippen molar-refractivity contribution >= 4 is 12.0 Å². The third kappa shape index (κ3) is 5.00. The second-order valence-electron chi connectivity index (χ2n) is 8.72. The molecule has 6 heteroatoms. The highest BCUT2D eigenvalue weighted by molar-refractivity contribution is 5.74. The van der Waals surface area contributed by atoms with E-state index in [-0.39, 0.29) is 18.0 Å². The molecule has 2 saturated heterocycles. The summed E-state index contributed by atoms with van der Waals surface area (Å²) < 4.78 is 5.15. The van der Waals surface area contributed by atoms with Gasteiger partial charge in [0.15, 0.2) is 0 Å². The second-order valence-corrected chi connectivity index (χ2v) is 8.72. The lowest BCUT2D eigenvalue weighted by molar-refractivity contribution is -0.134. The summed E-state index contributed by atoms with van der Waals surface area (Å²) in [5, 5.41) is 0. The van der Waals surface area contributed by atoms with E-state index < -0.39 is 0 Å². The minimum Gasteiger partial charge on any atom is -0.450 e. The van der Waals surface area contributed by atoms with Crippen LogP contribution in [0.4, 0.5) is 4.79 Å². The van der Waals surface area contributed by atoms with Crippen LogP contribution in [-0.4, -0.2) is 77.6 Å². The largest absolute Gasteiger partial charge is 0.450 e. The first kappa shape index (κ1) is 23.0. The number of hydrogen-bond donors (Lipinski definition) is 0. The number of nitrogens with zero attached hydrogens (tertiary/aromatic N) is 3. The minimum atomic E-state index is -0.147. The Labute approximate surface area is 171 Å². The van der Waals surface area contributed by atoms with Gasteiger partial charge in [0.2, 0.25) is 5.91 Å². The predicted octanol–water partition coefficient (Wildman–Crippen LogP) is 3.74. The molecular formula is C22H41N3O3. The lowest BCUT2D eigenvalue weighted by atomic mass is 9.64. The van der Waals surface area contributed by atoms with Crippen molar-refractivity contribution in [2.45, 2.75) is 91.8 Å². The Morgan fingerprint density at radius 1 is 1.14 bits per heavy atom. The Hall–Kier alpha value is -1.30. The van der Waals surface area contributed by atoms with E-state index >= 15 is 0 Å². The summed E-state index contributed by atoms with van der Waals surface area (Å²) in [6, 6.07) is 1.33. The molecule has 2 amide bonds. The summed E-state index contributed by atoms with van der Waals surface area (Å²) in [5.41, 5.74) is 0.331. The third-order valence-corrected chi connectivity index (χ3v) is 6.63. The van der Waals surface area contributed by atoms with Crippen LogP contribution in [0.1, 0.15) is 73.6 Å². The highest BCUT2D eigenvalue weighted by Crippen LogP contribution is 2.50. The van der Waals surface area contributed by atoms with Crippen molar-refractivity contribution in [1.82, 2.24) is 14.7 Å². The molecule has 0 aromatic heterocycles. The molecule has 1 saturated carbocycles. The van der Waals surface area contributed by atoms with Gasteiger partial charge in [-0.3, -0.25) is 4.79 Å². The first-order valence-electron chi connectivity index (χ1n) is 11.3. The lowest BCUT2D eigenvalue weighted by Gasteiger charge is -2.52. The van der Waals surface area contributed by atoms with Crippen molar-refractivity contribution in [3.8, 4) is 0 Å². The van der Waals surface area contributed by atoms with Gasteiger partial charge in [-0.15, -0.1) is 0 Å². The number of carbonyl (C=O) groups is 2. The Balaban J connectivity index is 0.00000136. The third-order valence-electron chi connectivity index (χ3n) is 6.63. The molecule has 3 fully saturated rings. The molecule has 3 rings (SSSR count). The standard InChI is InChI=1S/C20H35N3O3.C2H6/c1-5-26-19(25)22-11-8-20(14-22)12-18(13-20)21-9-6-17(7-10-21)23(15(2)3)16(4)24;1-2/h15,17-18H,5-14H2,1-4H3;1-2H3. The molecule has 0 radical (unpaired) electrons. The average Bonchev–Trinajstić information content (AvgIpc) is 3.08. The normalized spacial score (nSPS) is 28.0. The first-order chi connectivity index (χ1) is 13.3. The topological polar surface area (TPSA) is 53.1 Å². The van der Waals surface area contributed by atoms with Gasteiger partial charge in [-0.1, -0.05) is 13.8 Å². The van der Waals surface area contributed by atoms with Crippen LogP contribution in [0.5, 0.6) is 0 Å². The van der Waals surface area contributed by atoms with Crippen LogP contribution in [0.15, 0.2) is 0 Å². The quantitative estimate of drug-likeness (QED) is 0.727. The minimum absolute atomic E-state index is 0.147. The van der Waals surface area contributed by atoms with Crippen molar-refractivity contribution in [1.29, 1.82) is 0 Å².